The minimum atomic E-state index is -2.91. The van der Waals surface area contributed by atoms with Crippen LogP contribution in [0, 0.1) is 0 Å². The van der Waals surface area contributed by atoms with Crippen LogP contribution in [-0.4, -0.2) is 48.7 Å². The highest BCUT2D eigenvalue weighted by Crippen LogP contribution is 2.21. The number of halogens is 2. The lowest BCUT2D eigenvalue weighted by Crippen LogP contribution is -2.51. The highest BCUT2D eigenvalue weighted by molar-refractivity contribution is 5.89. The molecule has 1 saturated carbocycles. The van der Waals surface area contributed by atoms with Crippen molar-refractivity contribution < 1.29 is 23.1 Å². The van der Waals surface area contributed by atoms with E-state index in [1.165, 1.54) is 24.6 Å². The summed E-state index contributed by atoms with van der Waals surface area (Å²) in [6.45, 7) is -1.90. The summed E-state index contributed by atoms with van der Waals surface area (Å²) in [6, 6.07) is 5.77. The molecule has 1 heterocycles. The molecule has 0 unspecified atom stereocenters. The lowest BCUT2D eigenvalue weighted by molar-refractivity contribution is -0.0498. The van der Waals surface area contributed by atoms with Crippen LogP contribution in [0.4, 0.5) is 24.1 Å². The van der Waals surface area contributed by atoms with Gasteiger partial charge < -0.3 is 25.6 Å². The van der Waals surface area contributed by atoms with E-state index in [0.29, 0.717) is 31.6 Å². The van der Waals surface area contributed by atoms with E-state index in [2.05, 4.69) is 20.7 Å². The van der Waals surface area contributed by atoms with Crippen LogP contribution in [0.5, 0.6) is 5.75 Å². The van der Waals surface area contributed by atoms with Gasteiger partial charge in [0.2, 0.25) is 0 Å². The number of benzene rings is 1. The number of hydrogen-bond acceptors (Lipinski definition) is 3. The maximum absolute atomic E-state index is 12.4. The molecule has 0 bridgehead atoms. The number of likely N-dealkylation sites (tertiary alicyclic amines) is 1. The molecule has 0 atom stereocenters. The Hall–Kier alpha value is -2.58. The van der Waals surface area contributed by atoms with Crippen molar-refractivity contribution in [2.24, 2.45) is 0 Å². The third-order valence-electron chi connectivity index (χ3n) is 5.37. The number of carbonyl (C=O) groups is 2. The van der Waals surface area contributed by atoms with E-state index in [0.717, 1.165) is 25.7 Å². The second kappa shape index (κ2) is 10.3. The lowest BCUT2D eigenvalue weighted by atomic mass is 9.96. The molecule has 3 rings (SSSR count). The third-order valence-corrected chi connectivity index (χ3v) is 5.37. The summed E-state index contributed by atoms with van der Waals surface area (Å²) in [5, 5.41) is 8.75. The summed E-state index contributed by atoms with van der Waals surface area (Å²) in [5.74, 6) is -0.00955. The highest BCUT2D eigenvalue weighted by Gasteiger charge is 2.25. The SMILES string of the molecule is O=C(NC1CCCCC1)NC1CCN(C(=O)Nc2cccc(OC(F)F)c2)CC1. The Morgan fingerprint density at radius 1 is 1.00 bits per heavy atom. The number of carbonyl (C=O) groups excluding carboxylic acids is 2. The van der Waals surface area contributed by atoms with Crippen LogP contribution in [0.3, 0.4) is 0 Å². The minimum absolute atomic E-state index is 0.00955. The van der Waals surface area contributed by atoms with Crippen LogP contribution < -0.4 is 20.7 Å². The number of urea groups is 2. The largest absolute Gasteiger partial charge is 0.435 e. The average Bonchev–Trinajstić information content (AvgIpc) is 2.69. The lowest BCUT2D eigenvalue weighted by Gasteiger charge is -2.33. The van der Waals surface area contributed by atoms with Crippen LogP contribution in [0.2, 0.25) is 0 Å². The summed E-state index contributed by atoms with van der Waals surface area (Å²) in [4.78, 5) is 26.2. The van der Waals surface area contributed by atoms with E-state index >= 15 is 0 Å². The Labute approximate surface area is 169 Å². The maximum atomic E-state index is 12.4. The summed E-state index contributed by atoms with van der Waals surface area (Å²) >= 11 is 0. The van der Waals surface area contributed by atoms with Gasteiger partial charge in [0.25, 0.3) is 0 Å². The van der Waals surface area contributed by atoms with Gasteiger partial charge >= 0.3 is 18.7 Å². The fourth-order valence-electron chi connectivity index (χ4n) is 3.84. The van der Waals surface area contributed by atoms with Gasteiger partial charge in [-0.15, -0.1) is 0 Å². The van der Waals surface area contributed by atoms with Crippen LogP contribution in [0.1, 0.15) is 44.9 Å². The van der Waals surface area contributed by atoms with Gasteiger partial charge in [0.1, 0.15) is 5.75 Å². The number of piperidine rings is 1. The number of ether oxygens (including phenoxy) is 1. The zero-order valence-corrected chi connectivity index (χ0v) is 16.3. The van der Waals surface area contributed by atoms with E-state index in [9.17, 15) is 18.4 Å². The molecular formula is C20H28F2N4O3. The van der Waals surface area contributed by atoms with E-state index in [4.69, 9.17) is 0 Å². The molecule has 3 N–H and O–H groups in total. The molecule has 9 heteroatoms. The molecule has 2 fully saturated rings. The van der Waals surface area contributed by atoms with Crippen LogP contribution >= 0.6 is 0 Å². The Bertz CT molecular complexity index is 690. The quantitative estimate of drug-likeness (QED) is 0.688. The first kappa shape index (κ1) is 21.1. The molecule has 2 aliphatic rings. The van der Waals surface area contributed by atoms with Crippen LogP contribution in [0.25, 0.3) is 0 Å². The second-order valence-electron chi connectivity index (χ2n) is 7.55. The first-order chi connectivity index (χ1) is 14.0. The van der Waals surface area contributed by atoms with E-state index < -0.39 is 6.61 Å². The first-order valence-electron chi connectivity index (χ1n) is 10.2. The van der Waals surface area contributed by atoms with Gasteiger partial charge in [-0.3, -0.25) is 0 Å². The molecule has 4 amide bonds. The molecule has 160 valence electrons. The van der Waals surface area contributed by atoms with Gasteiger partial charge in [-0.2, -0.15) is 8.78 Å². The molecule has 7 nitrogen and oxygen atoms in total. The van der Waals surface area contributed by atoms with Crippen molar-refractivity contribution in [3.05, 3.63) is 24.3 Å². The normalized spacial score (nSPS) is 18.4. The molecule has 1 aliphatic heterocycles. The topological polar surface area (TPSA) is 82.7 Å². The van der Waals surface area contributed by atoms with Gasteiger partial charge in [-0.05, 0) is 37.8 Å². The van der Waals surface area contributed by atoms with Crippen molar-refractivity contribution in [3.8, 4) is 5.75 Å². The van der Waals surface area contributed by atoms with E-state index in [1.54, 1.807) is 11.0 Å². The number of nitrogens with zero attached hydrogens (tertiary/aromatic N) is 1. The molecule has 0 spiro atoms. The van der Waals surface area contributed by atoms with E-state index in [-0.39, 0.29) is 29.9 Å². The Morgan fingerprint density at radius 2 is 1.66 bits per heavy atom. The predicted molar refractivity (Wildman–Crippen MR) is 105 cm³/mol. The van der Waals surface area contributed by atoms with Gasteiger partial charge in [-0.25, -0.2) is 9.59 Å². The Balaban J connectivity index is 1.40. The van der Waals surface area contributed by atoms with Crippen molar-refractivity contribution >= 4 is 17.7 Å². The maximum Gasteiger partial charge on any atom is 0.387 e. The number of amides is 4. The second-order valence-corrected chi connectivity index (χ2v) is 7.55. The Morgan fingerprint density at radius 3 is 2.31 bits per heavy atom. The van der Waals surface area contributed by atoms with Crippen molar-refractivity contribution in [3.63, 3.8) is 0 Å². The molecule has 29 heavy (non-hydrogen) atoms. The van der Waals surface area contributed by atoms with Gasteiger partial charge in [0, 0.05) is 36.9 Å². The molecular weight excluding hydrogens is 382 g/mol. The molecule has 1 aromatic carbocycles. The average molecular weight is 410 g/mol. The smallest absolute Gasteiger partial charge is 0.387 e. The van der Waals surface area contributed by atoms with Crippen molar-refractivity contribution in [1.29, 1.82) is 0 Å². The predicted octanol–water partition coefficient (Wildman–Crippen LogP) is 3.92. The van der Waals surface area contributed by atoms with Crippen molar-refractivity contribution in [1.82, 2.24) is 15.5 Å². The molecule has 0 aromatic heterocycles. The van der Waals surface area contributed by atoms with Crippen LogP contribution in [0.15, 0.2) is 24.3 Å². The Kier molecular flexibility index (Phi) is 7.48. The standard InChI is InChI=1S/C20H28F2N4O3/c21-18(22)29-17-8-4-7-16(13-17)25-20(28)26-11-9-15(10-12-26)24-19(27)23-14-5-2-1-3-6-14/h4,7-8,13-15,18H,1-3,5-6,9-12H2,(H,25,28)(H2,23,24,27). The highest BCUT2D eigenvalue weighted by atomic mass is 19.3. The zero-order chi connectivity index (χ0) is 20.6. The molecule has 1 aliphatic carbocycles. The van der Waals surface area contributed by atoms with Gasteiger partial charge in [0.15, 0.2) is 0 Å². The van der Waals surface area contributed by atoms with Crippen LogP contribution in [-0.2, 0) is 0 Å². The summed E-state index contributed by atoms with van der Waals surface area (Å²) in [7, 11) is 0. The first-order valence-corrected chi connectivity index (χ1v) is 10.2. The summed E-state index contributed by atoms with van der Waals surface area (Å²) < 4.78 is 29.0. The monoisotopic (exact) mass is 410 g/mol. The van der Waals surface area contributed by atoms with E-state index in [1.807, 2.05) is 0 Å². The molecule has 0 radical (unpaired) electrons. The van der Waals surface area contributed by atoms with Gasteiger partial charge in [-0.1, -0.05) is 25.3 Å². The minimum Gasteiger partial charge on any atom is -0.435 e. The number of nitrogens with one attached hydrogen (secondary N) is 3. The van der Waals surface area contributed by atoms with Gasteiger partial charge in [0.05, 0.1) is 0 Å². The number of rotatable bonds is 5. The summed E-state index contributed by atoms with van der Waals surface area (Å²) in [5.41, 5.74) is 0.389. The summed E-state index contributed by atoms with van der Waals surface area (Å²) in [6.07, 6.45) is 6.97. The molecule has 1 saturated heterocycles. The fourth-order valence-corrected chi connectivity index (χ4v) is 3.84. The number of hydrogen-bond donors (Lipinski definition) is 3. The zero-order valence-electron chi connectivity index (χ0n) is 16.3. The molecule has 1 aromatic rings. The fraction of sp³-hybridized carbons (Fsp3) is 0.600. The number of alkyl halides is 2. The third kappa shape index (κ3) is 6.76. The van der Waals surface area contributed by atoms with Crippen molar-refractivity contribution in [2.75, 3.05) is 18.4 Å². The number of anilines is 1. The van der Waals surface area contributed by atoms with Crippen molar-refractivity contribution in [2.45, 2.75) is 63.6 Å².